The number of thiophene rings is 1. The van der Waals surface area contributed by atoms with Crippen LogP contribution in [0.5, 0.6) is 11.5 Å². The third-order valence-corrected chi connectivity index (χ3v) is 5.14. The lowest BCUT2D eigenvalue weighted by Gasteiger charge is -2.16. The molecule has 0 aliphatic carbocycles. The standard InChI is InChI=1S/C20H21NO2S/c1-14(18-12-16(23-2)8-10-19(18)22)21-13-17-9-11-20(24-17)15-6-4-3-5-7-15/h3-12,14,21-22H,13H2,1-2H3. The van der Waals surface area contributed by atoms with Gasteiger partial charge in [-0.2, -0.15) is 0 Å². The number of ether oxygens (including phenoxy) is 1. The maximum Gasteiger partial charge on any atom is 0.120 e. The molecule has 1 heterocycles. The third-order valence-electron chi connectivity index (χ3n) is 4.00. The zero-order valence-corrected chi connectivity index (χ0v) is 14.6. The fourth-order valence-corrected chi connectivity index (χ4v) is 3.56. The van der Waals surface area contributed by atoms with Gasteiger partial charge in [0.05, 0.1) is 7.11 Å². The van der Waals surface area contributed by atoms with Crippen molar-refractivity contribution in [2.75, 3.05) is 7.11 Å². The monoisotopic (exact) mass is 339 g/mol. The lowest BCUT2D eigenvalue weighted by molar-refractivity contribution is 0.407. The third kappa shape index (κ3) is 3.78. The molecule has 1 atom stereocenters. The van der Waals surface area contributed by atoms with Crippen LogP contribution >= 0.6 is 11.3 Å². The maximum atomic E-state index is 10.1. The highest BCUT2D eigenvalue weighted by Gasteiger charge is 2.12. The number of phenolic OH excluding ortho intramolecular Hbond substituents is 1. The predicted molar refractivity (Wildman–Crippen MR) is 99.7 cm³/mol. The molecule has 1 aromatic heterocycles. The number of aromatic hydroxyl groups is 1. The zero-order chi connectivity index (χ0) is 16.9. The van der Waals surface area contributed by atoms with Gasteiger partial charge in [0.2, 0.25) is 0 Å². The molecule has 0 amide bonds. The maximum absolute atomic E-state index is 10.1. The molecule has 2 N–H and O–H groups in total. The van der Waals surface area contributed by atoms with E-state index in [1.165, 1.54) is 15.3 Å². The van der Waals surface area contributed by atoms with Gasteiger partial charge in [0.1, 0.15) is 11.5 Å². The summed E-state index contributed by atoms with van der Waals surface area (Å²) in [6.07, 6.45) is 0. The Morgan fingerprint density at radius 3 is 2.62 bits per heavy atom. The molecule has 4 heteroatoms. The van der Waals surface area contributed by atoms with E-state index in [1.54, 1.807) is 30.6 Å². The molecular formula is C20H21NO2S. The topological polar surface area (TPSA) is 41.5 Å². The van der Waals surface area contributed by atoms with E-state index in [-0.39, 0.29) is 11.8 Å². The lowest BCUT2D eigenvalue weighted by atomic mass is 10.1. The van der Waals surface area contributed by atoms with Crippen molar-refractivity contribution in [2.24, 2.45) is 0 Å². The van der Waals surface area contributed by atoms with E-state index in [2.05, 4.69) is 41.7 Å². The fraction of sp³-hybridized carbons (Fsp3) is 0.200. The Balaban J connectivity index is 1.67. The smallest absolute Gasteiger partial charge is 0.120 e. The first-order chi connectivity index (χ1) is 11.7. The summed E-state index contributed by atoms with van der Waals surface area (Å²) in [5.41, 5.74) is 2.08. The largest absolute Gasteiger partial charge is 0.508 e. The van der Waals surface area contributed by atoms with Gasteiger partial charge in [0, 0.05) is 27.9 Å². The second-order valence-electron chi connectivity index (χ2n) is 5.66. The Morgan fingerprint density at radius 1 is 1.08 bits per heavy atom. The molecule has 3 nitrogen and oxygen atoms in total. The highest BCUT2D eigenvalue weighted by atomic mass is 32.1. The molecule has 24 heavy (non-hydrogen) atoms. The van der Waals surface area contributed by atoms with E-state index in [4.69, 9.17) is 4.74 Å². The van der Waals surface area contributed by atoms with Crippen LogP contribution in [0.4, 0.5) is 0 Å². The summed E-state index contributed by atoms with van der Waals surface area (Å²) in [5.74, 6) is 1.03. The SMILES string of the molecule is COc1ccc(O)c(C(C)NCc2ccc(-c3ccccc3)s2)c1. The number of hydrogen-bond donors (Lipinski definition) is 2. The van der Waals surface area contributed by atoms with E-state index in [1.807, 2.05) is 19.1 Å². The van der Waals surface area contributed by atoms with Crippen LogP contribution in [0.25, 0.3) is 10.4 Å². The molecule has 3 rings (SSSR count). The molecular weight excluding hydrogens is 318 g/mol. The first-order valence-electron chi connectivity index (χ1n) is 7.92. The summed E-state index contributed by atoms with van der Waals surface area (Å²) in [7, 11) is 1.63. The van der Waals surface area contributed by atoms with Gasteiger partial charge in [0.25, 0.3) is 0 Å². The van der Waals surface area contributed by atoms with Gasteiger partial charge in [-0.05, 0) is 42.8 Å². The Morgan fingerprint density at radius 2 is 1.88 bits per heavy atom. The molecule has 0 saturated heterocycles. The van der Waals surface area contributed by atoms with E-state index in [0.29, 0.717) is 0 Å². The molecule has 0 aliphatic heterocycles. The lowest BCUT2D eigenvalue weighted by Crippen LogP contribution is -2.17. The van der Waals surface area contributed by atoms with Gasteiger partial charge in [-0.25, -0.2) is 0 Å². The fourth-order valence-electron chi connectivity index (χ4n) is 2.60. The van der Waals surface area contributed by atoms with Crippen molar-refractivity contribution in [2.45, 2.75) is 19.5 Å². The van der Waals surface area contributed by atoms with Crippen molar-refractivity contribution in [3.8, 4) is 21.9 Å². The summed E-state index contributed by atoms with van der Waals surface area (Å²) < 4.78 is 5.24. The van der Waals surface area contributed by atoms with E-state index >= 15 is 0 Å². The van der Waals surface area contributed by atoms with Crippen molar-refractivity contribution in [1.29, 1.82) is 0 Å². The van der Waals surface area contributed by atoms with Crippen molar-refractivity contribution < 1.29 is 9.84 Å². The minimum atomic E-state index is 0.0300. The van der Waals surface area contributed by atoms with Crippen molar-refractivity contribution in [1.82, 2.24) is 5.32 Å². The minimum Gasteiger partial charge on any atom is -0.508 e. The van der Waals surface area contributed by atoms with Crippen LogP contribution in [0, 0.1) is 0 Å². The summed E-state index contributed by atoms with van der Waals surface area (Å²) in [5, 5.41) is 13.5. The van der Waals surface area contributed by atoms with Gasteiger partial charge in [-0.15, -0.1) is 11.3 Å². The molecule has 0 bridgehead atoms. The first kappa shape index (κ1) is 16.6. The summed E-state index contributed by atoms with van der Waals surface area (Å²) in [4.78, 5) is 2.53. The Hall–Kier alpha value is -2.30. The van der Waals surface area contributed by atoms with Gasteiger partial charge in [-0.3, -0.25) is 0 Å². The number of rotatable bonds is 6. The number of phenols is 1. The molecule has 0 aliphatic rings. The summed E-state index contributed by atoms with van der Waals surface area (Å²) >= 11 is 1.79. The summed E-state index contributed by atoms with van der Waals surface area (Å²) in [6, 6.07) is 20.0. The molecule has 0 spiro atoms. The number of methoxy groups -OCH3 is 1. The van der Waals surface area contributed by atoms with Gasteiger partial charge in [-0.1, -0.05) is 30.3 Å². The quantitative estimate of drug-likeness (QED) is 0.665. The van der Waals surface area contributed by atoms with E-state index < -0.39 is 0 Å². The van der Waals surface area contributed by atoms with Crippen LogP contribution in [-0.2, 0) is 6.54 Å². The van der Waals surface area contributed by atoms with Crippen LogP contribution < -0.4 is 10.1 Å². The Bertz CT molecular complexity index is 798. The molecule has 0 saturated carbocycles. The van der Waals surface area contributed by atoms with Crippen LogP contribution in [0.15, 0.2) is 60.7 Å². The highest BCUT2D eigenvalue weighted by Crippen LogP contribution is 2.30. The van der Waals surface area contributed by atoms with Crippen molar-refractivity contribution in [3.63, 3.8) is 0 Å². The molecule has 1 unspecified atom stereocenters. The normalized spacial score (nSPS) is 12.1. The summed E-state index contributed by atoms with van der Waals surface area (Å²) in [6.45, 7) is 2.80. The highest BCUT2D eigenvalue weighted by molar-refractivity contribution is 7.15. The Kier molecular flexibility index (Phi) is 5.18. The molecule has 124 valence electrons. The van der Waals surface area contributed by atoms with Crippen LogP contribution in [0.1, 0.15) is 23.4 Å². The second kappa shape index (κ2) is 7.51. The minimum absolute atomic E-state index is 0.0300. The van der Waals surface area contributed by atoms with Gasteiger partial charge < -0.3 is 15.2 Å². The first-order valence-corrected chi connectivity index (χ1v) is 8.73. The number of nitrogens with one attached hydrogen (secondary N) is 1. The molecule has 3 aromatic rings. The van der Waals surface area contributed by atoms with Gasteiger partial charge in [0.15, 0.2) is 0 Å². The molecule has 0 fully saturated rings. The molecule has 0 radical (unpaired) electrons. The van der Waals surface area contributed by atoms with Crippen LogP contribution in [-0.4, -0.2) is 12.2 Å². The number of benzene rings is 2. The Labute approximate surface area is 146 Å². The molecule has 2 aromatic carbocycles. The predicted octanol–water partition coefficient (Wildman–Crippen LogP) is 4.98. The number of hydrogen-bond acceptors (Lipinski definition) is 4. The second-order valence-corrected chi connectivity index (χ2v) is 6.83. The van der Waals surface area contributed by atoms with Crippen LogP contribution in [0.3, 0.4) is 0 Å². The average molecular weight is 339 g/mol. The van der Waals surface area contributed by atoms with E-state index in [9.17, 15) is 5.11 Å². The van der Waals surface area contributed by atoms with Crippen molar-refractivity contribution >= 4 is 11.3 Å². The van der Waals surface area contributed by atoms with Crippen LogP contribution in [0.2, 0.25) is 0 Å². The zero-order valence-electron chi connectivity index (χ0n) is 13.8. The average Bonchev–Trinajstić information content (AvgIpc) is 3.10. The van der Waals surface area contributed by atoms with E-state index in [0.717, 1.165) is 17.9 Å². The van der Waals surface area contributed by atoms with Gasteiger partial charge >= 0.3 is 0 Å². The van der Waals surface area contributed by atoms with Crippen molar-refractivity contribution in [3.05, 3.63) is 71.1 Å².